The smallest absolute Gasteiger partial charge is 0.135 e. The number of nitrogens with zero attached hydrogens (tertiary/aromatic N) is 2. The van der Waals surface area contributed by atoms with Crippen LogP contribution in [0.4, 0.5) is 0 Å². The van der Waals surface area contributed by atoms with E-state index in [0.29, 0.717) is 24.0 Å². The molecule has 0 bridgehead atoms. The Kier molecular flexibility index (Phi) is 4.94. The normalized spacial score (nSPS) is 23.5. The van der Waals surface area contributed by atoms with Crippen molar-refractivity contribution in [3.63, 3.8) is 0 Å². The average Bonchev–Trinajstić information content (AvgIpc) is 2.45. The second-order valence-electron chi connectivity index (χ2n) is 6.07. The number of hydrogen-bond donors (Lipinski definition) is 0. The molecule has 0 unspecified atom stereocenters. The van der Waals surface area contributed by atoms with E-state index in [1.165, 1.54) is 0 Å². The number of rotatable bonds is 4. The summed E-state index contributed by atoms with van der Waals surface area (Å²) in [5.41, 5.74) is 1.09. The molecular formula is C17H24N2O. The lowest BCUT2D eigenvalue weighted by molar-refractivity contribution is -0.124. The van der Waals surface area contributed by atoms with Crippen LogP contribution in [0, 0.1) is 11.8 Å². The maximum Gasteiger partial charge on any atom is 0.135 e. The van der Waals surface area contributed by atoms with Crippen molar-refractivity contribution in [1.82, 2.24) is 5.01 Å². The lowest BCUT2D eigenvalue weighted by atomic mass is 9.78. The van der Waals surface area contributed by atoms with Gasteiger partial charge in [-0.15, -0.1) is 0 Å². The molecule has 0 aliphatic heterocycles. The van der Waals surface area contributed by atoms with Crippen LogP contribution in [0.15, 0.2) is 35.4 Å². The van der Waals surface area contributed by atoms with Crippen molar-refractivity contribution in [1.29, 1.82) is 0 Å². The van der Waals surface area contributed by atoms with Gasteiger partial charge in [-0.1, -0.05) is 44.2 Å². The van der Waals surface area contributed by atoms with Gasteiger partial charge < -0.3 is 0 Å². The molecule has 1 fully saturated rings. The van der Waals surface area contributed by atoms with Crippen LogP contribution in [0.2, 0.25) is 0 Å². The SMILES string of the molecule is CC(C)[C@@H]1CC(=O)C[C@@H](N(C)/N=C/c2ccccc2)C1. The molecule has 1 aliphatic rings. The summed E-state index contributed by atoms with van der Waals surface area (Å²) in [7, 11) is 1.97. The highest BCUT2D eigenvalue weighted by Gasteiger charge is 2.30. The third kappa shape index (κ3) is 3.92. The van der Waals surface area contributed by atoms with Gasteiger partial charge in [0.05, 0.1) is 12.3 Å². The second-order valence-corrected chi connectivity index (χ2v) is 6.07. The molecule has 1 saturated carbocycles. The third-order valence-corrected chi connectivity index (χ3v) is 4.19. The van der Waals surface area contributed by atoms with Crippen molar-refractivity contribution >= 4 is 12.0 Å². The number of Topliss-reactive ketones (excluding diaryl/α,β-unsaturated/α-hetero) is 1. The Hall–Kier alpha value is -1.64. The van der Waals surface area contributed by atoms with Crippen molar-refractivity contribution in [2.75, 3.05) is 7.05 Å². The Balaban J connectivity index is 1.99. The molecule has 2 rings (SSSR count). The molecule has 0 N–H and O–H groups in total. The van der Waals surface area contributed by atoms with Crippen molar-refractivity contribution in [2.45, 2.75) is 39.2 Å². The van der Waals surface area contributed by atoms with Gasteiger partial charge in [0.25, 0.3) is 0 Å². The zero-order chi connectivity index (χ0) is 14.5. The minimum absolute atomic E-state index is 0.239. The third-order valence-electron chi connectivity index (χ3n) is 4.19. The van der Waals surface area contributed by atoms with Gasteiger partial charge in [-0.05, 0) is 23.8 Å². The quantitative estimate of drug-likeness (QED) is 0.622. The zero-order valence-electron chi connectivity index (χ0n) is 12.6. The highest BCUT2D eigenvalue weighted by atomic mass is 16.1. The number of benzene rings is 1. The number of carbonyl (C=O) groups excluding carboxylic acids is 1. The maximum atomic E-state index is 11.9. The first-order chi connectivity index (χ1) is 9.56. The Labute approximate surface area is 121 Å². The molecule has 3 heteroatoms. The molecule has 2 atom stereocenters. The van der Waals surface area contributed by atoms with Gasteiger partial charge in [0, 0.05) is 19.9 Å². The van der Waals surface area contributed by atoms with Crippen LogP contribution in [-0.2, 0) is 4.79 Å². The van der Waals surface area contributed by atoms with Crippen LogP contribution in [-0.4, -0.2) is 30.1 Å². The Bertz CT molecular complexity index is 467. The van der Waals surface area contributed by atoms with Crippen LogP contribution in [0.3, 0.4) is 0 Å². The lowest BCUT2D eigenvalue weighted by Gasteiger charge is -2.34. The van der Waals surface area contributed by atoms with E-state index in [0.717, 1.165) is 18.4 Å². The number of hydrazone groups is 1. The molecule has 3 nitrogen and oxygen atoms in total. The fraction of sp³-hybridized carbons (Fsp3) is 0.529. The van der Waals surface area contributed by atoms with E-state index in [9.17, 15) is 4.79 Å². The summed E-state index contributed by atoms with van der Waals surface area (Å²) in [6.45, 7) is 4.40. The molecule has 108 valence electrons. The lowest BCUT2D eigenvalue weighted by Crippen LogP contribution is -2.38. The summed E-state index contributed by atoms with van der Waals surface area (Å²) in [5, 5.41) is 6.46. The van der Waals surface area contributed by atoms with Crippen LogP contribution >= 0.6 is 0 Å². The fourth-order valence-electron chi connectivity index (χ4n) is 2.74. The molecule has 0 spiro atoms. The maximum absolute atomic E-state index is 11.9. The fourth-order valence-corrected chi connectivity index (χ4v) is 2.74. The van der Waals surface area contributed by atoms with Crippen molar-refractivity contribution in [2.24, 2.45) is 16.9 Å². The van der Waals surface area contributed by atoms with Crippen LogP contribution < -0.4 is 0 Å². The van der Waals surface area contributed by atoms with Gasteiger partial charge in [0.2, 0.25) is 0 Å². The number of ketones is 1. The molecule has 20 heavy (non-hydrogen) atoms. The standard InChI is InChI=1S/C17H24N2O/c1-13(2)15-9-16(11-17(20)10-15)19(3)18-12-14-7-5-4-6-8-14/h4-8,12-13,15-16H,9-11H2,1-3H3/b18-12+/t15-,16-/m0/s1. The summed E-state index contributed by atoms with van der Waals surface area (Å²) >= 11 is 0. The first-order valence-corrected chi connectivity index (χ1v) is 7.40. The first kappa shape index (κ1) is 14.8. The molecular weight excluding hydrogens is 248 g/mol. The van der Waals surface area contributed by atoms with Gasteiger partial charge in [-0.2, -0.15) is 5.10 Å². The van der Waals surface area contributed by atoms with E-state index < -0.39 is 0 Å². The molecule has 0 saturated heterocycles. The Morgan fingerprint density at radius 1 is 1.25 bits per heavy atom. The first-order valence-electron chi connectivity index (χ1n) is 7.40. The van der Waals surface area contributed by atoms with Crippen LogP contribution in [0.5, 0.6) is 0 Å². The van der Waals surface area contributed by atoms with Gasteiger partial charge in [-0.3, -0.25) is 9.80 Å². The minimum atomic E-state index is 0.239. The largest absolute Gasteiger partial charge is 0.300 e. The van der Waals surface area contributed by atoms with E-state index in [2.05, 4.69) is 18.9 Å². The summed E-state index contributed by atoms with van der Waals surface area (Å²) in [4.78, 5) is 11.9. The van der Waals surface area contributed by atoms with E-state index in [-0.39, 0.29) is 6.04 Å². The molecule has 1 aliphatic carbocycles. The monoisotopic (exact) mass is 272 g/mol. The minimum Gasteiger partial charge on any atom is -0.300 e. The Morgan fingerprint density at radius 3 is 2.60 bits per heavy atom. The predicted octanol–water partition coefficient (Wildman–Crippen LogP) is 3.35. The molecule has 0 heterocycles. The summed E-state index contributed by atoms with van der Waals surface area (Å²) in [6.07, 6.45) is 4.30. The summed E-state index contributed by atoms with van der Waals surface area (Å²) in [6, 6.07) is 10.3. The molecule has 0 radical (unpaired) electrons. The molecule has 0 aromatic heterocycles. The molecule has 0 amide bonds. The van der Waals surface area contributed by atoms with E-state index >= 15 is 0 Å². The predicted molar refractivity (Wildman–Crippen MR) is 82.8 cm³/mol. The molecule has 1 aromatic rings. The number of hydrogen-bond acceptors (Lipinski definition) is 3. The highest BCUT2D eigenvalue weighted by molar-refractivity contribution is 5.80. The average molecular weight is 272 g/mol. The second kappa shape index (κ2) is 6.69. The van der Waals surface area contributed by atoms with Crippen LogP contribution in [0.1, 0.15) is 38.7 Å². The van der Waals surface area contributed by atoms with Crippen molar-refractivity contribution in [3.05, 3.63) is 35.9 Å². The van der Waals surface area contributed by atoms with Gasteiger partial charge in [-0.25, -0.2) is 0 Å². The molecule has 1 aromatic carbocycles. The highest BCUT2D eigenvalue weighted by Crippen LogP contribution is 2.30. The van der Waals surface area contributed by atoms with Crippen molar-refractivity contribution in [3.8, 4) is 0 Å². The van der Waals surface area contributed by atoms with Crippen molar-refractivity contribution < 1.29 is 4.79 Å². The van der Waals surface area contributed by atoms with E-state index in [1.807, 2.05) is 48.6 Å². The zero-order valence-corrected chi connectivity index (χ0v) is 12.6. The van der Waals surface area contributed by atoms with Gasteiger partial charge >= 0.3 is 0 Å². The van der Waals surface area contributed by atoms with Gasteiger partial charge in [0.1, 0.15) is 5.78 Å². The Morgan fingerprint density at radius 2 is 1.95 bits per heavy atom. The van der Waals surface area contributed by atoms with Crippen LogP contribution in [0.25, 0.3) is 0 Å². The number of carbonyl (C=O) groups is 1. The topological polar surface area (TPSA) is 32.7 Å². The summed E-state index contributed by atoms with van der Waals surface area (Å²) in [5.74, 6) is 1.44. The van der Waals surface area contributed by atoms with Gasteiger partial charge in [0.15, 0.2) is 0 Å². The summed E-state index contributed by atoms with van der Waals surface area (Å²) < 4.78 is 0. The van der Waals surface area contributed by atoms with E-state index in [1.54, 1.807) is 0 Å². The van der Waals surface area contributed by atoms with E-state index in [4.69, 9.17) is 0 Å².